The monoisotopic (exact) mass is 196 g/mol. The zero-order chi connectivity index (χ0) is 7.49. The van der Waals surface area contributed by atoms with Gasteiger partial charge in [-0.25, -0.2) is 4.79 Å². The van der Waals surface area contributed by atoms with E-state index in [9.17, 15) is 4.79 Å². The molecule has 0 amide bonds. The van der Waals surface area contributed by atoms with Crippen molar-refractivity contribution >= 4 is 21.9 Å². The molecule has 0 saturated heterocycles. The number of carbonyl (C=O) groups is 1. The van der Waals surface area contributed by atoms with Gasteiger partial charge in [0.2, 0.25) is 4.51 Å². The zero-order valence-electron chi connectivity index (χ0n) is 5.60. The summed E-state index contributed by atoms with van der Waals surface area (Å²) in [6.07, 6.45) is 0. The number of alkyl halides is 1. The SMILES string of the molecule is COC(=O)C(C)(Br)OC. The number of carbonyl (C=O) groups excluding carboxylic acids is 1. The predicted molar refractivity (Wildman–Crippen MR) is 36.4 cm³/mol. The van der Waals surface area contributed by atoms with E-state index in [1.54, 1.807) is 6.92 Å². The van der Waals surface area contributed by atoms with E-state index in [0.717, 1.165) is 0 Å². The second kappa shape index (κ2) is 3.17. The number of halogens is 1. The summed E-state index contributed by atoms with van der Waals surface area (Å²) in [7, 11) is 2.73. The number of esters is 1. The Morgan fingerprint density at radius 2 is 2.00 bits per heavy atom. The molecular weight excluding hydrogens is 188 g/mol. The van der Waals surface area contributed by atoms with Gasteiger partial charge in [0.05, 0.1) is 7.11 Å². The molecule has 0 aliphatic carbocycles. The molecule has 0 radical (unpaired) electrons. The summed E-state index contributed by atoms with van der Waals surface area (Å²) in [5.74, 6) is -0.440. The number of hydrogen-bond donors (Lipinski definition) is 0. The van der Waals surface area contributed by atoms with Crippen LogP contribution in [-0.2, 0) is 14.3 Å². The fourth-order valence-corrected chi connectivity index (χ4v) is 0.428. The Balaban J connectivity index is 3.97. The fourth-order valence-electron chi connectivity index (χ4n) is 0.266. The van der Waals surface area contributed by atoms with E-state index >= 15 is 0 Å². The van der Waals surface area contributed by atoms with Crippen molar-refractivity contribution in [2.75, 3.05) is 14.2 Å². The third kappa shape index (κ3) is 2.32. The van der Waals surface area contributed by atoms with E-state index < -0.39 is 10.5 Å². The van der Waals surface area contributed by atoms with E-state index in [1.807, 2.05) is 0 Å². The number of ether oxygens (including phenoxy) is 2. The molecule has 1 atom stereocenters. The molecule has 0 fully saturated rings. The van der Waals surface area contributed by atoms with Gasteiger partial charge in [-0.1, -0.05) is 0 Å². The first-order chi connectivity index (χ1) is 4.04. The highest BCUT2D eigenvalue weighted by Crippen LogP contribution is 2.18. The molecule has 54 valence electrons. The van der Waals surface area contributed by atoms with Crippen LogP contribution in [0.2, 0.25) is 0 Å². The van der Waals surface area contributed by atoms with E-state index in [0.29, 0.717) is 0 Å². The molecule has 3 nitrogen and oxygen atoms in total. The summed E-state index contributed by atoms with van der Waals surface area (Å²) in [4.78, 5) is 10.7. The van der Waals surface area contributed by atoms with Crippen molar-refractivity contribution in [3.8, 4) is 0 Å². The van der Waals surface area contributed by atoms with Gasteiger partial charge in [0, 0.05) is 7.11 Å². The standard InChI is InChI=1S/C5H9BrO3/c1-5(6,9-3)4(7)8-2/h1-3H3. The molecular formula is C5H9BrO3. The largest absolute Gasteiger partial charge is 0.466 e. The van der Waals surface area contributed by atoms with Crippen LogP contribution in [-0.4, -0.2) is 24.7 Å². The van der Waals surface area contributed by atoms with Crippen LogP contribution in [0.1, 0.15) is 6.92 Å². The summed E-state index contributed by atoms with van der Waals surface area (Å²) < 4.78 is 8.13. The Labute approximate surface area is 62.5 Å². The molecule has 1 unspecified atom stereocenters. The van der Waals surface area contributed by atoms with Crippen LogP contribution >= 0.6 is 15.9 Å². The van der Waals surface area contributed by atoms with Crippen LogP contribution in [0.15, 0.2) is 0 Å². The third-order valence-corrected chi connectivity index (χ3v) is 1.58. The highest BCUT2D eigenvalue weighted by atomic mass is 79.9. The molecule has 0 aliphatic rings. The predicted octanol–water partition coefficient (Wildman–Crippen LogP) is 0.917. The second-order valence-electron chi connectivity index (χ2n) is 1.61. The first kappa shape index (κ1) is 8.91. The molecule has 0 aromatic carbocycles. The molecule has 0 aromatic heterocycles. The van der Waals surface area contributed by atoms with Crippen molar-refractivity contribution in [3.63, 3.8) is 0 Å². The minimum Gasteiger partial charge on any atom is -0.466 e. The first-order valence-electron chi connectivity index (χ1n) is 2.37. The van der Waals surface area contributed by atoms with Gasteiger partial charge < -0.3 is 9.47 Å². The van der Waals surface area contributed by atoms with E-state index in [4.69, 9.17) is 4.74 Å². The fraction of sp³-hybridized carbons (Fsp3) is 0.800. The summed E-state index contributed by atoms with van der Waals surface area (Å²) in [6, 6.07) is 0. The van der Waals surface area contributed by atoms with Crippen molar-refractivity contribution in [2.24, 2.45) is 0 Å². The van der Waals surface area contributed by atoms with E-state index in [2.05, 4.69) is 20.7 Å². The Kier molecular flexibility index (Phi) is 3.14. The van der Waals surface area contributed by atoms with Crippen LogP contribution in [0.25, 0.3) is 0 Å². The normalized spacial score (nSPS) is 16.4. The molecule has 0 N–H and O–H groups in total. The van der Waals surface area contributed by atoms with Crippen molar-refractivity contribution in [1.82, 2.24) is 0 Å². The molecule has 0 aliphatic heterocycles. The van der Waals surface area contributed by atoms with E-state index in [-0.39, 0.29) is 0 Å². The average molecular weight is 197 g/mol. The van der Waals surface area contributed by atoms with Gasteiger partial charge in [0.1, 0.15) is 0 Å². The summed E-state index contributed by atoms with van der Waals surface area (Å²) in [6.45, 7) is 1.57. The van der Waals surface area contributed by atoms with Gasteiger partial charge in [-0.05, 0) is 22.9 Å². The first-order valence-corrected chi connectivity index (χ1v) is 3.16. The highest BCUT2D eigenvalue weighted by Gasteiger charge is 2.30. The van der Waals surface area contributed by atoms with E-state index in [1.165, 1.54) is 14.2 Å². The Bertz CT molecular complexity index is 111. The maximum atomic E-state index is 10.7. The Morgan fingerprint density at radius 1 is 1.56 bits per heavy atom. The molecule has 9 heavy (non-hydrogen) atoms. The van der Waals surface area contributed by atoms with Gasteiger partial charge in [0.25, 0.3) is 0 Å². The van der Waals surface area contributed by atoms with Crippen LogP contribution in [0.5, 0.6) is 0 Å². The molecule has 4 heteroatoms. The van der Waals surface area contributed by atoms with Crippen molar-refractivity contribution < 1.29 is 14.3 Å². The minimum absolute atomic E-state index is 0.440. The number of methoxy groups -OCH3 is 2. The van der Waals surface area contributed by atoms with Crippen LogP contribution in [0, 0.1) is 0 Å². The van der Waals surface area contributed by atoms with Crippen LogP contribution < -0.4 is 0 Å². The minimum atomic E-state index is -0.998. The summed E-state index contributed by atoms with van der Waals surface area (Å²) >= 11 is 3.01. The maximum absolute atomic E-state index is 10.7. The van der Waals surface area contributed by atoms with Gasteiger partial charge in [0.15, 0.2) is 0 Å². The van der Waals surface area contributed by atoms with Crippen LogP contribution in [0.3, 0.4) is 0 Å². The molecule has 0 heterocycles. The van der Waals surface area contributed by atoms with Gasteiger partial charge in [-0.15, -0.1) is 0 Å². The molecule has 0 bridgehead atoms. The zero-order valence-corrected chi connectivity index (χ0v) is 7.19. The third-order valence-electron chi connectivity index (χ3n) is 0.933. The lowest BCUT2D eigenvalue weighted by Crippen LogP contribution is -2.31. The molecule has 0 spiro atoms. The summed E-state index contributed by atoms with van der Waals surface area (Å²) in [5, 5.41) is 0. The summed E-state index contributed by atoms with van der Waals surface area (Å²) in [5.41, 5.74) is 0. The van der Waals surface area contributed by atoms with Crippen molar-refractivity contribution in [1.29, 1.82) is 0 Å². The van der Waals surface area contributed by atoms with Gasteiger partial charge in [-0.2, -0.15) is 0 Å². The number of rotatable bonds is 2. The van der Waals surface area contributed by atoms with Crippen molar-refractivity contribution in [3.05, 3.63) is 0 Å². The lowest BCUT2D eigenvalue weighted by atomic mass is 10.4. The lowest BCUT2D eigenvalue weighted by Gasteiger charge is -2.16. The Hall–Kier alpha value is -0.0900. The number of hydrogen-bond acceptors (Lipinski definition) is 3. The molecule has 0 saturated carbocycles. The average Bonchev–Trinajstić information content (AvgIpc) is 1.86. The smallest absolute Gasteiger partial charge is 0.349 e. The van der Waals surface area contributed by atoms with Gasteiger partial charge >= 0.3 is 5.97 Å². The Morgan fingerprint density at radius 3 is 2.11 bits per heavy atom. The van der Waals surface area contributed by atoms with Crippen LogP contribution in [0.4, 0.5) is 0 Å². The highest BCUT2D eigenvalue weighted by molar-refractivity contribution is 9.10. The topological polar surface area (TPSA) is 35.5 Å². The van der Waals surface area contributed by atoms with Gasteiger partial charge in [-0.3, -0.25) is 0 Å². The molecule has 0 aromatic rings. The molecule has 0 rings (SSSR count). The maximum Gasteiger partial charge on any atom is 0.349 e. The lowest BCUT2D eigenvalue weighted by molar-refractivity contribution is -0.153. The quantitative estimate of drug-likeness (QED) is 0.487. The van der Waals surface area contributed by atoms with Crippen molar-refractivity contribution in [2.45, 2.75) is 11.4 Å². The second-order valence-corrected chi connectivity index (χ2v) is 3.13.